The summed E-state index contributed by atoms with van der Waals surface area (Å²) in [4.78, 5) is 15.9. The fourth-order valence-electron chi connectivity index (χ4n) is 1.90. The van der Waals surface area contributed by atoms with E-state index >= 15 is 0 Å². The van der Waals surface area contributed by atoms with Crippen molar-refractivity contribution in [2.24, 2.45) is 0 Å². The van der Waals surface area contributed by atoms with E-state index in [1.807, 2.05) is 42.0 Å². The van der Waals surface area contributed by atoms with Crippen molar-refractivity contribution in [1.29, 1.82) is 0 Å². The minimum atomic E-state index is -0.0305. The first-order chi connectivity index (χ1) is 9.79. The Bertz CT molecular complexity index is 529. The van der Waals surface area contributed by atoms with Crippen molar-refractivity contribution in [3.63, 3.8) is 0 Å². The van der Waals surface area contributed by atoms with Gasteiger partial charge in [-0.1, -0.05) is 19.1 Å². The Kier molecular flexibility index (Phi) is 10.3. The Morgan fingerprint density at radius 2 is 1.91 bits per heavy atom. The molecule has 0 aliphatic carbocycles. The number of halogens is 2. The second-order valence-corrected chi connectivity index (χ2v) is 4.54. The number of amides is 1. The van der Waals surface area contributed by atoms with Crippen LogP contribution in [-0.4, -0.2) is 35.1 Å². The largest absolute Gasteiger partial charge is 0.351 e. The van der Waals surface area contributed by atoms with E-state index < -0.39 is 0 Å². The van der Waals surface area contributed by atoms with Gasteiger partial charge in [-0.25, -0.2) is 4.98 Å². The molecule has 0 unspecified atom stereocenters. The van der Waals surface area contributed by atoms with Crippen LogP contribution in [0.2, 0.25) is 0 Å². The fourth-order valence-corrected chi connectivity index (χ4v) is 1.90. The summed E-state index contributed by atoms with van der Waals surface area (Å²) in [6.07, 6.45) is 5.45. The molecule has 0 aliphatic rings. The lowest BCUT2D eigenvalue weighted by Crippen LogP contribution is -2.31. The normalized spacial score (nSPS) is 9.50. The van der Waals surface area contributed by atoms with Gasteiger partial charge in [0.05, 0.1) is 6.33 Å². The molecule has 1 aromatic carbocycles. The van der Waals surface area contributed by atoms with Crippen molar-refractivity contribution < 1.29 is 4.79 Å². The minimum Gasteiger partial charge on any atom is -0.351 e. The van der Waals surface area contributed by atoms with Crippen LogP contribution in [0.15, 0.2) is 43.0 Å². The molecule has 5 nitrogen and oxygen atoms in total. The van der Waals surface area contributed by atoms with E-state index in [9.17, 15) is 4.79 Å². The van der Waals surface area contributed by atoms with Gasteiger partial charge in [-0.05, 0) is 24.2 Å². The number of hydrogen-bond donors (Lipinski definition) is 2. The zero-order chi connectivity index (χ0) is 14.2. The molecule has 0 saturated heterocycles. The molecule has 0 spiro atoms. The lowest BCUT2D eigenvalue weighted by molar-refractivity contribution is 0.0954. The minimum absolute atomic E-state index is 0. The molecule has 2 N–H and O–H groups in total. The molecule has 0 saturated carbocycles. The Labute approximate surface area is 143 Å². The zero-order valence-corrected chi connectivity index (χ0v) is 14.1. The highest BCUT2D eigenvalue weighted by atomic mass is 35.5. The molecule has 1 heterocycles. The number of rotatable bonds is 7. The van der Waals surface area contributed by atoms with Crippen LogP contribution in [0.25, 0.3) is 0 Å². The number of imidazole rings is 1. The van der Waals surface area contributed by atoms with Crippen LogP contribution in [0.5, 0.6) is 0 Å². The summed E-state index contributed by atoms with van der Waals surface area (Å²) in [5, 5.41) is 6.05. The number of nitrogens with zero attached hydrogens (tertiary/aromatic N) is 2. The van der Waals surface area contributed by atoms with E-state index in [0.29, 0.717) is 12.1 Å². The summed E-state index contributed by atoms with van der Waals surface area (Å²) in [6.45, 7) is 5.16. The number of nitrogens with one attached hydrogen (secondary N) is 2. The van der Waals surface area contributed by atoms with Gasteiger partial charge in [0, 0.05) is 37.6 Å². The number of likely N-dealkylation sites (N-methyl/N-ethyl adjacent to an activating group) is 1. The molecule has 1 aromatic heterocycles. The monoisotopic (exact) mass is 344 g/mol. The first kappa shape index (κ1) is 20.4. The molecule has 0 bridgehead atoms. The number of carbonyl (C=O) groups is 1. The number of hydrogen-bond acceptors (Lipinski definition) is 3. The molecule has 0 aliphatic heterocycles. The van der Waals surface area contributed by atoms with Gasteiger partial charge in [0.2, 0.25) is 0 Å². The van der Waals surface area contributed by atoms with E-state index in [-0.39, 0.29) is 30.7 Å². The van der Waals surface area contributed by atoms with Crippen LogP contribution in [0, 0.1) is 0 Å². The van der Waals surface area contributed by atoms with E-state index in [1.165, 1.54) is 0 Å². The predicted octanol–water partition coefficient (Wildman–Crippen LogP) is 2.11. The highest BCUT2D eigenvalue weighted by molar-refractivity contribution is 5.94. The van der Waals surface area contributed by atoms with Crippen LogP contribution >= 0.6 is 24.8 Å². The topological polar surface area (TPSA) is 58.9 Å². The summed E-state index contributed by atoms with van der Waals surface area (Å²) < 4.78 is 1.99. The Morgan fingerprint density at radius 1 is 1.18 bits per heavy atom. The SMILES string of the molecule is CCNCCNC(=O)c1ccc(Cn2ccnc2)cc1.Cl.Cl. The summed E-state index contributed by atoms with van der Waals surface area (Å²) in [5.74, 6) is -0.0305. The number of aromatic nitrogens is 2. The van der Waals surface area contributed by atoms with Crippen LogP contribution in [0.4, 0.5) is 0 Å². The van der Waals surface area contributed by atoms with Gasteiger partial charge in [0.25, 0.3) is 5.91 Å². The lowest BCUT2D eigenvalue weighted by Gasteiger charge is -2.07. The molecule has 2 aromatic rings. The summed E-state index contributed by atoms with van der Waals surface area (Å²) >= 11 is 0. The predicted molar refractivity (Wildman–Crippen MR) is 93.1 cm³/mol. The van der Waals surface area contributed by atoms with Gasteiger partial charge in [0.1, 0.15) is 0 Å². The molecule has 0 radical (unpaired) electrons. The third-order valence-corrected chi connectivity index (χ3v) is 2.98. The van der Waals surface area contributed by atoms with E-state index in [2.05, 4.69) is 15.6 Å². The highest BCUT2D eigenvalue weighted by Crippen LogP contribution is 2.06. The lowest BCUT2D eigenvalue weighted by atomic mass is 10.1. The maximum atomic E-state index is 11.9. The Morgan fingerprint density at radius 3 is 2.50 bits per heavy atom. The van der Waals surface area contributed by atoms with Crippen LogP contribution in [0.1, 0.15) is 22.8 Å². The van der Waals surface area contributed by atoms with Gasteiger partial charge < -0.3 is 15.2 Å². The summed E-state index contributed by atoms with van der Waals surface area (Å²) in [6, 6.07) is 7.65. The van der Waals surface area contributed by atoms with Gasteiger partial charge in [-0.3, -0.25) is 4.79 Å². The molecular formula is C15H22Cl2N4O. The van der Waals surface area contributed by atoms with Crippen molar-refractivity contribution in [3.05, 3.63) is 54.1 Å². The molecule has 1 amide bonds. The van der Waals surface area contributed by atoms with Crippen molar-refractivity contribution in [1.82, 2.24) is 20.2 Å². The second-order valence-electron chi connectivity index (χ2n) is 4.54. The maximum absolute atomic E-state index is 11.9. The third kappa shape index (κ3) is 6.47. The van der Waals surface area contributed by atoms with Crippen LogP contribution < -0.4 is 10.6 Å². The van der Waals surface area contributed by atoms with E-state index in [1.54, 1.807) is 12.5 Å². The summed E-state index contributed by atoms with van der Waals surface area (Å²) in [7, 11) is 0. The van der Waals surface area contributed by atoms with Gasteiger partial charge >= 0.3 is 0 Å². The van der Waals surface area contributed by atoms with E-state index in [0.717, 1.165) is 25.2 Å². The van der Waals surface area contributed by atoms with Crippen molar-refractivity contribution in [2.75, 3.05) is 19.6 Å². The first-order valence-electron chi connectivity index (χ1n) is 6.83. The number of benzene rings is 1. The van der Waals surface area contributed by atoms with Crippen molar-refractivity contribution in [3.8, 4) is 0 Å². The van der Waals surface area contributed by atoms with Crippen molar-refractivity contribution in [2.45, 2.75) is 13.5 Å². The van der Waals surface area contributed by atoms with Gasteiger partial charge in [0.15, 0.2) is 0 Å². The van der Waals surface area contributed by atoms with Crippen molar-refractivity contribution >= 4 is 30.7 Å². The van der Waals surface area contributed by atoms with Crippen LogP contribution in [-0.2, 0) is 6.54 Å². The third-order valence-electron chi connectivity index (χ3n) is 2.98. The average Bonchev–Trinajstić information content (AvgIpc) is 2.97. The molecule has 122 valence electrons. The first-order valence-corrected chi connectivity index (χ1v) is 6.83. The molecule has 0 fully saturated rings. The standard InChI is InChI=1S/C15H20N4O.2ClH/c1-2-16-7-8-18-15(20)14-5-3-13(4-6-14)11-19-10-9-17-12-19;;/h3-6,9-10,12,16H,2,7-8,11H2,1H3,(H,18,20);2*1H. The fraction of sp³-hybridized carbons (Fsp3) is 0.333. The second kappa shape index (κ2) is 11.1. The average molecular weight is 345 g/mol. The molecule has 7 heteroatoms. The number of carbonyl (C=O) groups excluding carboxylic acids is 1. The quantitative estimate of drug-likeness (QED) is 0.756. The zero-order valence-electron chi connectivity index (χ0n) is 12.5. The Balaban J connectivity index is 0.00000220. The molecular weight excluding hydrogens is 323 g/mol. The maximum Gasteiger partial charge on any atom is 0.251 e. The molecule has 22 heavy (non-hydrogen) atoms. The summed E-state index contributed by atoms with van der Waals surface area (Å²) in [5.41, 5.74) is 1.84. The van der Waals surface area contributed by atoms with Gasteiger partial charge in [-0.15, -0.1) is 24.8 Å². The van der Waals surface area contributed by atoms with Gasteiger partial charge in [-0.2, -0.15) is 0 Å². The Hall–Kier alpha value is -1.56. The highest BCUT2D eigenvalue weighted by Gasteiger charge is 2.04. The smallest absolute Gasteiger partial charge is 0.251 e. The molecule has 0 atom stereocenters. The van der Waals surface area contributed by atoms with Crippen LogP contribution in [0.3, 0.4) is 0 Å². The molecule has 2 rings (SSSR count). The van der Waals surface area contributed by atoms with E-state index in [4.69, 9.17) is 0 Å².